The summed E-state index contributed by atoms with van der Waals surface area (Å²) < 4.78 is 91.5. The van der Waals surface area contributed by atoms with Crippen molar-refractivity contribution in [3.8, 4) is 23.1 Å². The van der Waals surface area contributed by atoms with Gasteiger partial charge in [-0.1, -0.05) is 18.2 Å². The standard InChI is InChI=1S/C20H14F6N4OS/c1-11-7-12(2)16(32(31)10-19(21,22)23)8-15(11)30-17(28-18(29-30)20(24,25)26)14-6-4-3-5-13(14)9-27/h3-8H,10H2,1-2H3. The maximum absolute atomic E-state index is 13.4. The molecule has 1 unspecified atom stereocenters. The van der Waals surface area contributed by atoms with E-state index in [1.165, 1.54) is 44.2 Å². The highest BCUT2D eigenvalue weighted by Gasteiger charge is 2.38. The summed E-state index contributed by atoms with van der Waals surface area (Å²) in [5, 5.41) is 12.9. The van der Waals surface area contributed by atoms with Gasteiger partial charge in [-0.05, 0) is 43.2 Å². The molecule has 168 valence electrons. The number of benzene rings is 2. The third-order valence-electron chi connectivity index (χ3n) is 4.41. The van der Waals surface area contributed by atoms with Gasteiger partial charge in [-0.2, -0.15) is 31.6 Å². The number of nitrogens with zero attached hydrogens (tertiary/aromatic N) is 4. The highest BCUT2D eigenvalue weighted by atomic mass is 32.2. The van der Waals surface area contributed by atoms with Gasteiger partial charge in [-0.25, -0.2) is 9.67 Å². The minimum Gasteiger partial charge on any atom is -0.254 e. The fraction of sp³-hybridized carbons (Fsp3) is 0.250. The summed E-state index contributed by atoms with van der Waals surface area (Å²) in [6.07, 6.45) is -9.61. The van der Waals surface area contributed by atoms with Gasteiger partial charge in [0, 0.05) is 10.5 Å². The van der Waals surface area contributed by atoms with Gasteiger partial charge in [0.15, 0.2) is 5.82 Å². The van der Waals surface area contributed by atoms with E-state index >= 15 is 0 Å². The van der Waals surface area contributed by atoms with Crippen LogP contribution >= 0.6 is 0 Å². The van der Waals surface area contributed by atoms with Gasteiger partial charge in [-0.3, -0.25) is 4.21 Å². The third-order valence-corrected chi connectivity index (χ3v) is 5.93. The van der Waals surface area contributed by atoms with Crippen molar-refractivity contribution in [2.75, 3.05) is 5.75 Å². The Bertz CT molecular complexity index is 1240. The zero-order valence-electron chi connectivity index (χ0n) is 16.5. The molecule has 3 rings (SSSR count). The van der Waals surface area contributed by atoms with E-state index in [4.69, 9.17) is 0 Å². The lowest BCUT2D eigenvalue weighted by molar-refractivity contribution is -0.144. The van der Waals surface area contributed by atoms with Gasteiger partial charge in [0.1, 0.15) is 5.75 Å². The van der Waals surface area contributed by atoms with Gasteiger partial charge < -0.3 is 0 Å². The number of nitriles is 1. The van der Waals surface area contributed by atoms with Crippen LogP contribution in [0, 0.1) is 25.2 Å². The summed E-state index contributed by atoms with van der Waals surface area (Å²) >= 11 is 0. The maximum Gasteiger partial charge on any atom is 0.453 e. The molecule has 0 radical (unpaired) electrons. The minimum atomic E-state index is -4.91. The van der Waals surface area contributed by atoms with E-state index < -0.39 is 34.7 Å². The van der Waals surface area contributed by atoms with Crippen molar-refractivity contribution in [3.63, 3.8) is 0 Å². The van der Waals surface area contributed by atoms with Crippen molar-refractivity contribution in [3.05, 3.63) is 58.9 Å². The van der Waals surface area contributed by atoms with Gasteiger partial charge >= 0.3 is 12.4 Å². The van der Waals surface area contributed by atoms with Crippen molar-refractivity contribution < 1.29 is 30.6 Å². The Morgan fingerprint density at radius 2 is 1.72 bits per heavy atom. The molecule has 0 amide bonds. The van der Waals surface area contributed by atoms with Crippen LogP contribution < -0.4 is 0 Å². The summed E-state index contributed by atoms with van der Waals surface area (Å²) in [6.45, 7) is 2.97. The molecule has 1 heterocycles. The predicted molar refractivity (Wildman–Crippen MR) is 103 cm³/mol. The molecule has 0 fully saturated rings. The zero-order chi connectivity index (χ0) is 23.8. The number of aryl methyl sites for hydroxylation is 2. The molecule has 0 aliphatic rings. The Morgan fingerprint density at radius 3 is 2.31 bits per heavy atom. The molecule has 0 bridgehead atoms. The maximum atomic E-state index is 13.4. The number of hydrogen-bond donors (Lipinski definition) is 0. The first-order valence-corrected chi connectivity index (χ1v) is 10.2. The van der Waals surface area contributed by atoms with Crippen LogP contribution in [0.1, 0.15) is 22.5 Å². The first-order chi connectivity index (χ1) is 14.8. The molecule has 0 N–H and O–H groups in total. The smallest absolute Gasteiger partial charge is 0.254 e. The van der Waals surface area contributed by atoms with E-state index in [0.29, 0.717) is 5.56 Å². The van der Waals surface area contributed by atoms with Gasteiger partial charge in [0.05, 0.1) is 28.1 Å². The number of rotatable bonds is 4. The fourth-order valence-corrected chi connectivity index (χ4v) is 4.19. The SMILES string of the molecule is Cc1cc(C)c(S(=O)CC(F)(F)F)cc1-n1nc(C(F)(F)F)nc1-c1ccccc1C#N. The average Bonchev–Trinajstić information content (AvgIpc) is 3.12. The van der Waals surface area contributed by atoms with Crippen LogP contribution in [0.25, 0.3) is 17.1 Å². The number of hydrogen-bond acceptors (Lipinski definition) is 4. The first kappa shape index (κ1) is 23.5. The summed E-state index contributed by atoms with van der Waals surface area (Å²) in [6, 6.07) is 10.2. The molecule has 0 aliphatic carbocycles. The molecule has 3 aromatic rings. The highest BCUT2D eigenvalue weighted by Crippen LogP contribution is 2.33. The lowest BCUT2D eigenvalue weighted by Crippen LogP contribution is -2.19. The fourth-order valence-electron chi connectivity index (χ4n) is 3.07. The lowest BCUT2D eigenvalue weighted by atomic mass is 10.1. The Labute approximate surface area is 180 Å². The van der Waals surface area contributed by atoms with Crippen LogP contribution in [0.3, 0.4) is 0 Å². The average molecular weight is 472 g/mol. The first-order valence-electron chi connectivity index (χ1n) is 8.92. The van der Waals surface area contributed by atoms with Gasteiger partial charge in [-0.15, -0.1) is 5.10 Å². The molecular weight excluding hydrogens is 458 g/mol. The minimum absolute atomic E-state index is 0.0283. The summed E-state index contributed by atoms with van der Waals surface area (Å²) in [7, 11) is -2.49. The molecule has 5 nitrogen and oxygen atoms in total. The second-order valence-electron chi connectivity index (χ2n) is 6.84. The van der Waals surface area contributed by atoms with Crippen molar-refractivity contribution in [1.29, 1.82) is 5.26 Å². The Balaban J connectivity index is 2.28. The van der Waals surface area contributed by atoms with Gasteiger partial charge in [0.25, 0.3) is 5.82 Å². The van der Waals surface area contributed by atoms with Crippen LogP contribution in [0.15, 0.2) is 41.3 Å². The third kappa shape index (κ3) is 4.83. The highest BCUT2D eigenvalue weighted by molar-refractivity contribution is 7.85. The summed E-state index contributed by atoms with van der Waals surface area (Å²) in [5.74, 6) is -3.42. The van der Waals surface area contributed by atoms with Gasteiger partial charge in [0.2, 0.25) is 0 Å². The molecule has 12 heteroatoms. The molecule has 0 aliphatic heterocycles. The topological polar surface area (TPSA) is 71.6 Å². The molecule has 0 saturated carbocycles. The Morgan fingerprint density at radius 1 is 1.06 bits per heavy atom. The van der Waals surface area contributed by atoms with Crippen molar-refractivity contribution in [2.24, 2.45) is 0 Å². The molecular formula is C20H14F6N4OS. The monoisotopic (exact) mass is 472 g/mol. The van der Waals surface area contributed by atoms with E-state index in [1.54, 1.807) is 0 Å². The van der Waals surface area contributed by atoms with Crippen molar-refractivity contribution in [1.82, 2.24) is 14.8 Å². The van der Waals surface area contributed by atoms with E-state index in [-0.39, 0.29) is 33.1 Å². The molecule has 0 spiro atoms. The summed E-state index contributed by atoms with van der Waals surface area (Å²) in [4.78, 5) is 3.37. The molecule has 32 heavy (non-hydrogen) atoms. The van der Waals surface area contributed by atoms with E-state index in [0.717, 1.165) is 10.7 Å². The van der Waals surface area contributed by atoms with Crippen LogP contribution in [-0.2, 0) is 17.0 Å². The Hall–Kier alpha value is -3.20. The number of halogens is 6. The number of alkyl halides is 6. The molecule has 2 aromatic carbocycles. The van der Waals surface area contributed by atoms with Crippen molar-refractivity contribution in [2.45, 2.75) is 31.1 Å². The second-order valence-corrected chi connectivity index (χ2v) is 8.25. The van der Waals surface area contributed by atoms with Crippen LogP contribution in [-0.4, -0.2) is 30.9 Å². The zero-order valence-corrected chi connectivity index (χ0v) is 17.4. The van der Waals surface area contributed by atoms with E-state index in [9.17, 15) is 35.8 Å². The van der Waals surface area contributed by atoms with Crippen LogP contribution in [0.5, 0.6) is 0 Å². The van der Waals surface area contributed by atoms with Crippen LogP contribution in [0.4, 0.5) is 26.3 Å². The van der Waals surface area contributed by atoms with Crippen LogP contribution in [0.2, 0.25) is 0 Å². The number of aromatic nitrogens is 3. The predicted octanol–water partition coefficient (Wildman–Crippen LogP) is 5.11. The second kappa shape index (κ2) is 8.38. The normalized spacial score (nSPS) is 13.1. The largest absolute Gasteiger partial charge is 0.453 e. The van der Waals surface area contributed by atoms with E-state index in [1.807, 2.05) is 6.07 Å². The van der Waals surface area contributed by atoms with E-state index in [2.05, 4.69) is 10.1 Å². The van der Waals surface area contributed by atoms with Crippen molar-refractivity contribution >= 4 is 10.8 Å². The quantitative estimate of drug-likeness (QED) is 0.495. The lowest BCUT2D eigenvalue weighted by Gasteiger charge is -2.15. The Kier molecular flexibility index (Phi) is 6.15. The molecule has 1 atom stereocenters. The molecule has 0 saturated heterocycles. The molecule has 1 aromatic heterocycles. The summed E-state index contributed by atoms with van der Waals surface area (Å²) in [5.41, 5.74) is 0.692.